The van der Waals surface area contributed by atoms with Crippen molar-refractivity contribution < 1.29 is 22.7 Å². The minimum atomic E-state index is -3.69. The van der Waals surface area contributed by atoms with Gasteiger partial charge in [0.05, 0.1) is 35.9 Å². The zero-order chi connectivity index (χ0) is 22.6. The Hall–Kier alpha value is -2.66. The SMILES string of the molecule is O=S(=O)(N[C@H]1CC[C@H](CCn2cc(-c3cccc(F)c3)nn2)O[C@H]1CO)c1ccccc1. The van der Waals surface area contributed by atoms with Crippen LogP contribution in [-0.2, 0) is 21.3 Å². The van der Waals surface area contributed by atoms with Gasteiger partial charge in [0.25, 0.3) is 0 Å². The van der Waals surface area contributed by atoms with Gasteiger partial charge >= 0.3 is 0 Å². The van der Waals surface area contributed by atoms with Crippen molar-refractivity contribution in [2.24, 2.45) is 0 Å². The Morgan fingerprint density at radius 1 is 1.16 bits per heavy atom. The molecular weight excluding hydrogens is 435 g/mol. The van der Waals surface area contributed by atoms with Crippen LogP contribution in [0, 0.1) is 5.82 Å². The van der Waals surface area contributed by atoms with Crippen LogP contribution < -0.4 is 4.72 Å². The van der Waals surface area contributed by atoms with E-state index in [2.05, 4.69) is 15.0 Å². The summed E-state index contributed by atoms with van der Waals surface area (Å²) in [6.07, 6.45) is 2.79. The van der Waals surface area contributed by atoms with Gasteiger partial charge in [-0.15, -0.1) is 5.10 Å². The van der Waals surface area contributed by atoms with Gasteiger partial charge in [-0.2, -0.15) is 0 Å². The number of hydrogen-bond donors (Lipinski definition) is 2. The van der Waals surface area contributed by atoms with Crippen LogP contribution in [0.5, 0.6) is 0 Å². The number of nitrogens with zero attached hydrogens (tertiary/aromatic N) is 3. The lowest BCUT2D eigenvalue weighted by Gasteiger charge is -2.36. The summed E-state index contributed by atoms with van der Waals surface area (Å²) in [6.45, 7) is 0.247. The van der Waals surface area contributed by atoms with Crippen LogP contribution in [0.4, 0.5) is 4.39 Å². The number of rotatable bonds is 8. The molecule has 0 aliphatic carbocycles. The van der Waals surface area contributed by atoms with Gasteiger partial charge in [0.1, 0.15) is 11.5 Å². The van der Waals surface area contributed by atoms with Crippen molar-refractivity contribution in [3.05, 3.63) is 66.6 Å². The first-order chi connectivity index (χ1) is 15.4. The molecule has 2 heterocycles. The second-order valence-corrected chi connectivity index (χ2v) is 9.48. The van der Waals surface area contributed by atoms with Crippen molar-refractivity contribution in [1.82, 2.24) is 19.7 Å². The highest BCUT2D eigenvalue weighted by Crippen LogP contribution is 2.24. The van der Waals surface area contributed by atoms with Crippen molar-refractivity contribution in [3.8, 4) is 11.3 Å². The van der Waals surface area contributed by atoms with Crippen molar-refractivity contribution in [2.45, 2.75) is 49.0 Å². The quantitative estimate of drug-likeness (QED) is 0.535. The Balaban J connectivity index is 1.33. The van der Waals surface area contributed by atoms with Crippen LogP contribution in [-0.4, -0.2) is 53.4 Å². The summed E-state index contributed by atoms with van der Waals surface area (Å²) in [5.41, 5.74) is 1.23. The lowest BCUT2D eigenvalue weighted by Crippen LogP contribution is -2.50. The maximum atomic E-state index is 13.4. The Kier molecular flexibility index (Phi) is 6.95. The van der Waals surface area contributed by atoms with Crippen LogP contribution in [0.15, 0.2) is 65.7 Å². The number of hydrogen-bond acceptors (Lipinski definition) is 6. The van der Waals surface area contributed by atoms with Crippen molar-refractivity contribution in [3.63, 3.8) is 0 Å². The van der Waals surface area contributed by atoms with E-state index in [-0.39, 0.29) is 23.4 Å². The van der Waals surface area contributed by atoms with Gasteiger partial charge in [-0.3, -0.25) is 4.68 Å². The van der Waals surface area contributed by atoms with Gasteiger partial charge < -0.3 is 9.84 Å². The third-order valence-electron chi connectivity index (χ3n) is 5.49. The number of benzene rings is 2. The Morgan fingerprint density at radius 2 is 1.97 bits per heavy atom. The first-order valence-electron chi connectivity index (χ1n) is 10.4. The standard InChI is InChI=1S/C22H25FN4O4S/c23-17-6-4-5-16(13-17)21-14-27(26-24-21)12-11-18-9-10-20(22(15-28)31-18)25-32(29,30)19-7-2-1-3-8-19/h1-8,13-14,18,20,22,25,28H,9-12,15H2/t18-,20+,22+/m1/s1. The molecule has 3 aromatic rings. The summed E-state index contributed by atoms with van der Waals surface area (Å²) in [5.74, 6) is -0.333. The average molecular weight is 461 g/mol. The molecule has 0 spiro atoms. The highest BCUT2D eigenvalue weighted by Gasteiger charge is 2.33. The number of aliphatic hydroxyl groups is 1. The van der Waals surface area contributed by atoms with Crippen molar-refractivity contribution >= 4 is 10.0 Å². The summed E-state index contributed by atoms with van der Waals surface area (Å²) in [7, 11) is -3.69. The number of nitrogens with one attached hydrogen (secondary N) is 1. The summed E-state index contributed by atoms with van der Waals surface area (Å²) in [5, 5.41) is 17.9. The summed E-state index contributed by atoms with van der Waals surface area (Å²) < 4.78 is 48.9. The van der Waals surface area contributed by atoms with Crippen LogP contribution in [0.1, 0.15) is 19.3 Å². The van der Waals surface area contributed by atoms with Gasteiger partial charge in [-0.1, -0.05) is 35.5 Å². The molecule has 2 N–H and O–H groups in total. The molecule has 1 saturated heterocycles. The molecule has 2 aromatic carbocycles. The number of ether oxygens (including phenoxy) is 1. The fourth-order valence-corrected chi connectivity index (χ4v) is 5.13. The molecule has 3 atom stereocenters. The van der Waals surface area contributed by atoms with Crippen LogP contribution in [0.2, 0.25) is 0 Å². The smallest absolute Gasteiger partial charge is 0.240 e. The molecule has 1 aromatic heterocycles. The lowest BCUT2D eigenvalue weighted by atomic mass is 9.98. The third-order valence-corrected chi connectivity index (χ3v) is 7.00. The van der Waals surface area contributed by atoms with E-state index in [0.29, 0.717) is 37.1 Å². The van der Waals surface area contributed by atoms with E-state index in [4.69, 9.17) is 4.74 Å². The average Bonchev–Trinajstić information content (AvgIpc) is 3.28. The molecule has 1 aliphatic heterocycles. The zero-order valence-corrected chi connectivity index (χ0v) is 18.2. The predicted molar refractivity (Wildman–Crippen MR) is 116 cm³/mol. The van der Waals surface area contributed by atoms with E-state index < -0.39 is 22.2 Å². The van der Waals surface area contributed by atoms with E-state index in [1.54, 1.807) is 41.2 Å². The molecule has 0 radical (unpaired) electrons. The van der Waals surface area contributed by atoms with Gasteiger partial charge in [0, 0.05) is 12.1 Å². The molecule has 0 saturated carbocycles. The van der Waals surface area contributed by atoms with E-state index in [1.807, 2.05) is 0 Å². The first kappa shape index (κ1) is 22.5. The zero-order valence-electron chi connectivity index (χ0n) is 17.3. The Morgan fingerprint density at radius 3 is 2.72 bits per heavy atom. The third kappa shape index (κ3) is 5.39. The maximum Gasteiger partial charge on any atom is 0.240 e. The molecular formula is C22H25FN4O4S. The van der Waals surface area contributed by atoms with Gasteiger partial charge in [0.2, 0.25) is 10.0 Å². The van der Waals surface area contributed by atoms with Crippen LogP contribution >= 0.6 is 0 Å². The number of aryl methyl sites for hydroxylation is 1. The summed E-state index contributed by atoms with van der Waals surface area (Å²) in [4.78, 5) is 0.180. The highest BCUT2D eigenvalue weighted by molar-refractivity contribution is 7.89. The molecule has 10 heteroatoms. The fraction of sp³-hybridized carbons (Fsp3) is 0.364. The van der Waals surface area contributed by atoms with E-state index in [1.165, 1.54) is 24.3 Å². The fourth-order valence-electron chi connectivity index (χ4n) is 3.81. The van der Waals surface area contributed by atoms with Crippen LogP contribution in [0.25, 0.3) is 11.3 Å². The number of sulfonamides is 1. The second-order valence-electron chi connectivity index (χ2n) is 7.76. The summed E-state index contributed by atoms with van der Waals surface area (Å²) >= 11 is 0. The van der Waals surface area contributed by atoms with Gasteiger partial charge in [0.15, 0.2) is 0 Å². The van der Waals surface area contributed by atoms with Crippen molar-refractivity contribution in [2.75, 3.05) is 6.61 Å². The minimum Gasteiger partial charge on any atom is -0.394 e. The molecule has 1 fully saturated rings. The molecule has 0 unspecified atom stereocenters. The Bertz CT molecular complexity index is 1140. The molecule has 4 rings (SSSR count). The lowest BCUT2D eigenvalue weighted by molar-refractivity contribution is -0.0891. The highest BCUT2D eigenvalue weighted by atomic mass is 32.2. The van der Waals surface area contributed by atoms with Crippen molar-refractivity contribution in [1.29, 1.82) is 0 Å². The molecule has 8 nitrogen and oxygen atoms in total. The Labute approximate surface area is 186 Å². The number of halogens is 1. The van der Waals surface area contributed by atoms with E-state index in [9.17, 15) is 17.9 Å². The maximum absolute atomic E-state index is 13.4. The predicted octanol–water partition coefficient (Wildman–Crippen LogP) is 2.36. The molecule has 1 aliphatic rings. The first-order valence-corrected chi connectivity index (χ1v) is 11.9. The number of aromatic nitrogens is 3. The molecule has 32 heavy (non-hydrogen) atoms. The summed E-state index contributed by atoms with van der Waals surface area (Å²) in [6, 6.07) is 13.8. The van der Waals surface area contributed by atoms with Gasteiger partial charge in [-0.05, 0) is 43.5 Å². The largest absolute Gasteiger partial charge is 0.394 e. The van der Waals surface area contributed by atoms with E-state index in [0.717, 1.165) is 0 Å². The number of aliphatic hydroxyl groups excluding tert-OH is 1. The van der Waals surface area contributed by atoms with Gasteiger partial charge in [-0.25, -0.2) is 17.5 Å². The monoisotopic (exact) mass is 460 g/mol. The topological polar surface area (TPSA) is 106 Å². The normalized spacial score (nSPS) is 21.5. The molecule has 0 bridgehead atoms. The molecule has 170 valence electrons. The molecule has 0 amide bonds. The van der Waals surface area contributed by atoms with Crippen LogP contribution in [0.3, 0.4) is 0 Å². The van der Waals surface area contributed by atoms with E-state index >= 15 is 0 Å². The minimum absolute atomic E-state index is 0.147. The second kappa shape index (κ2) is 9.86.